The van der Waals surface area contributed by atoms with Crippen LogP contribution in [0.25, 0.3) is 0 Å². The molecule has 3 heteroatoms. The van der Waals surface area contributed by atoms with Crippen molar-refractivity contribution in [3.8, 4) is 5.75 Å². The highest BCUT2D eigenvalue weighted by molar-refractivity contribution is 5.94. The first-order valence-corrected chi connectivity index (χ1v) is 7.72. The molecule has 0 unspecified atom stereocenters. The summed E-state index contributed by atoms with van der Waals surface area (Å²) in [6.45, 7) is 6.22. The summed E-state index contributed by atoms with van der Waals surface area (Å²) in [6.07, 6.45) is 5.99. The first-order valence-electron chi connectivity index (χ1n) is 7.72. The van der Waals surface area contributed by atoms with E-state index in [1.807, 2.05) is 43.1 Å². The highest BCUT2D eigenvalue weighted by Gasteiger charge is 2.23. The third kappa shape index (κ3) is 4.35. The fourth-order valence-electron chi connectivity index (χ4n) is 2.76. The normalized spacial score (nSPS) is 15.5. The van der Waals surface area contributed by atoms with Gasteiger partial charge in [-0.3, -0.25) is 4.79 Å². The Morgan fingerprint density at radius 3 is 2.71 bits per heavy atom. The van der Waals surface area contributed by atoms with E-state index in [1.54, 1.807) is 0 Å². The van der Waals surface area contributed by atoms with Gasteiger partial charge in [0.15, 0.2) is 0 Å². The Bertz CT molecular complexity index is 504. The molecule has 2 rings (SSSR count). The van der Waals surface area contributed by atoms with Crippen molar-refractivity contribution in [3.05, 3.63) is 42.0 Å². The van der Waals surface area contributed by atoms with Gasteiger partial charge < -0.3 is 9.64 Å². The van der Waals surface area contributed by atoms with Crippen LogP contribution in [-0.2, 0) is 0 Å². The van der Waals surface area contributed by atoms with Gasteiger partial charge in [-0.15, -0.1) is 0 Å². The van der Waals surface area contributed by atoms with Crippen molar-refractivity contribution in [2.75, 3.05) is 13.7 Å². The van der Waals surface area contributed by atoms with Crippen molar-refractivity contribution in [2.45, 2.75) is 45.1 Å². The van der Waals surface area contributed by atoms with E-state index in [1.165, 1.54) is 19.3 Å². The number of benzene rings is 1. The second-order valence-electron chi connectivity index (χ2n) is 5.98. The van der Waals surface area contributed by atoms with E-state index in [2.05, 4.69) is 6.58 Å². The first-order chi connectivity index (χ1) is 10.1. The average Bonchev–Trinajstić information content (AvgIpc) is 2.52. The molecule has 0 N–H and O–H groups in total. The first kappa shape index (κ1) is 15.6. The quantitative estimate of drug-likeness (QED) is 0.765. The lowest BCUT2D eigenvalue weighted by Gasteiger charge is -2.31. The van der Waals surface area contributed by atoms with Gasteiger partial charge in [-0.1, -0.05) is 31.9 Å². The molecule has 0 heterocycles. The van der Waals surface area contributed by atoms with Gasteiger partial charge >= 0.3 is 0 Å². The minimum absolute atomic E-state index is 0.0858. The maximum Gasteiger partial charge on any atom is 0.253 e. The van der Waals surface area contributed by atoms with Crippen molar-refractivity contribution in [1.82, 2.24) is 4.90 Å². The van der Waals surface area contributed by atoms with E-state index >= 15 is 0 Å². The molecule has 0 radical (unpaired) electrons. The summed E-state index contributed by atoms with van der Waals surface area (Å²) in [6, 6.07) is 7.81. The van der Waals surface area contributed by atoms with Gasteiger partial charge in [0.05, 0.1) is 0 Å². The Morgan fingerprint density at radius 1 is 1.33 bits per heavy atom. The van der Waals surface area contributed by atoms with Crippen LogP contribution in [0.1, 0.15) is 49.4 Å². The molecular formula is C18H25NO2. The van der Waals surface area contributed by atoms with E-state index in [-0.39, 0.29) is 5.91 Å². The fourth-order valence-corrected chi connectivity index (χ4v) is 2.76. The van der Waals surface area contributed by atoms with E-state index in [4.69, 9.17) is 4.74 Å². The van der Waals surface area contributed by atoms with Crippen LogP contribution in [0.4, 0.5) is 0 Å². The molecule has 21 heavy (non-hydrogen) atoms. The molecule has 114 valence electrons. The van der Waals surface area contributed by atoms with Gasteiger partial charge in [0, 0.05) is 18.7 Å². The molecule has 1 aliphatic rings. The smallest absolute Gasteiger partial charge is 0.253 e. The number of hydrogen-bond acceptors (Lipinski definition) is 2. The number of nitrogens with zero attached hydrogens (tertiary/aromatic N) is 1. The average molecular weight is 287 g/mol. The summed E-state index contributed by atoms with van der Waals surface area (Å²) < 4.78 is 5.61. The summed E-state index contributed by atoms with van der Waals surface area (Å²) in [7, 11) is 1.92. The SMILES string of the molecule is C=C(C)COc1cccc(C(=O)N(C)C2CCCCC2)c1. The minimum atomic E-state index is 0.0858. The summed E-state index contributed by atoms with van der Waals surface area (Å²) in [4.78, 5) is 14.5. The molecule has 1 saturated carbocycles. The van der Waals surface area contributed by atoms with Crippen LogP contribution in [0, 0.1) is 0 Å². The second kappa shape index (κ2) is 7.30. The second-order valence-corrected chi connectivity index (χ2v) is 5.98. The van der Waals surface area contributed by atoms with E-state index in [9.17, 15) is 4.79 Å². The van der Waals surface area contributed by atoms with Gasteiger partial charge in [-0.25, -0.2) is 0 Å². The zero-order chi connectivity index (χ0) is 15.2. The predicted molar refractivity (Wildman–Crippen MR) is 85.7 cm³/mol. The van der Waals surface area contributed by atoms with Crippen LogP contribution in [-0.4, -0.2) is 30.5 Å². The Balaban J connectivity index is 2.04. The largest absolute Gasteiger partial charge is 0.489 e. The number of amides is 1. The molecule has 3 nitrogen and oxygen atoms in total. The number of rotatable bonds is 5. The van der Waals surface area contributed by atoms with E-state index in [0.717, 1.165) is 24.2 Å². The molecule has 1 amide bonds. The molecule has 0 bridgehead atoms. The van der Waals surface area contributed by atoms with Crippen molar-refractivity contribution in [3.63, 3.8) is 0 Å². The van der Waals surface area contributed by atoms with Crippen molar-refractivity contribution in [1.29, 1.82) is 0 Å². The molecule has 0 saturated heterocycles. The highest BCUT2D eigenvalue weighted by atomic mass is 16.5. The lowest BCUT2D eigenvalue weighted by molar-refractivity contribution is 0.0696. The van der Waals surface area contributed by atoms with Crippen LogP contribution in [0.15, 0.2) is 36.4 Å². The van der Waals surface area contributed by atoms with Crippen LogP contribution in [0.2, 0.25) is 0 Å². The fraction of sp³-hybridized carbons (Fsp3) is 0.500. The molecule has 0 aromatic heterocycles. The summed E-state index contributed by atoms with van der Waals surface area (Å²) in [5.41, 5.74) is 1.66. The van der Waals surface area contributed by atoms with Gasteiger partial charge in [0.25, 0.3) is 5.91 Å². The Morgan fingerprint density at radius 2 is 2.05 bits per heavy atom. The van der Waals surface area contributed by atoms with Crippen molar-refractivity contribution >= 4 is 5.91 Å². The molecule has 1 fully saturated rings. The minimum Gasteiger partial charge on any atom is -0.489 e. The van der Waals surface area contributed by atoms with Crippen LogP contribution < -0.4 is 4.74 Å². The highest BCUT2D eigenvalue weighted by Crippen LogP contribution is 2.23. The lowest BCUT2D eigenvalue weighted by Crippen LogP contribution is -2.38. The Labute approximate surface area is 127 Å². The van der Waals surface area contributed by atoms with Gasteiger partial charge in [0.2, 0.25) is 0 Å². The molecule has 0 atom stereocenters. The molecule has 1 aromatic rings. The maximum absolute atomic E-state index is 12.6. The number of carbonyl (C=O) groups is 1. The molecular weight excluding hydrogens is 262 g/mol. The lowest BCUT2D eigenvalue weighted by atomic mass is 9.94. The zero-order valence-electron chi connectivity index (χ0n) is 13.1. The summed E-state index contributed by atoms with van der Waals surface area (Å²) in [5.74, 6) is 0.809. The topological polar surface area (TPSA) is 29.5 Å². The molecule has 0 spiro atoms. The predicted octanol–water partition coefficient (Wildman–Crippen LogP) is 4.05. The van der Waals surface area contributed by atoms with Crippen molar-refractivity contribution < 1.29 is 9.53 Å². The third-order valence-electron chi connectivity index (χ3n) is 4.01. The van der Waals surface area contributed by atoms with Crippen LogP contribution in [0.3, 0.4) is 0 Å². The van der Waals surface area contributed by atoms with E-state index in [0.29, 0.717) is 18.2 Å². The Kier molecular flexibility index (Phi) is 5.43. The number of ether oxygens (including phenoxy) is 1. The standard InChI is InChI=1S/C18H25NO2/c1-14(2)13-21-17-11-7-8-15(12-17)18(20)19(3)16-9-5-4-6-10-16/h7-8,11-12,16H,1,4-6,9-10,13H2,2-3H3. The molecule has 1 aliphatic carbocycles. The van der Waals surface area contributed by atoms with Gasteiger partial charge in [-0.2, -0.15) is 0 Å². The third-order valence-corrected chi connectivity index (χ3v) is 4.01. The maximum atomic E-state index is 12.6. The Hall–Kier alpha value is -1.77. The molecule has 1 aromatic carbocycles. The van der Waals surface area contributed by atoms with Crippen LogP contribution >= 0.6 is 0 Å². The van der Waals surface area contributed by atoms with Gasteiger partial charge in [-0.05, 0) is 43.5 Å². The van der Waals surface area contributed by atoms with Gasteiger partial charge in [0.1, 0.15) is 12.4 Å². The monoisotopic (exact) mass is 287 g/mol. The van der Waals surface area contributed by atoms with Crippen LogP contribution in [0.5, 0.6) is 5.75 Å². The van der Waals surface area contributed by atoms with Crippen molar-refractivity contribution in [2.24, 2.45) is 0 Å². The van der Waals surface area contributed by atoms with E-state index < -0.39 is 0 Å². The number of hydrogen-bond donors (Lipinski definition) is 0. The number of carbonyl (C=O) groups excluding carboxylic acids is 1. The molecule has 0 aliphatic heterocycles. The summed E-state index contributed by atoms with van der Waals surface area (Å²) in [5, 5.41) is 0. The zero-order valence-corrected chi connectivity index (χ0v) is 13.1. The summed E-state index contributed by atoms with van der Waals surface area (Å²) >= 11 is 0.